The molecule has 1 aliphatic carbocycles. The van der Waals surface area contributed by atoms with Crippen LogP contribution in [0.15, 0.2) is 0 Å². The Bertz CT molecular complexity index is 403. The summed E-state index contributed by atoms with van der Waals surface area (Å²) in [6.45, 7) is 10.9. The fourth-order valence-corrected chi connectivity index (χ4v) is 3.32. The number of likely N-dealkylation sites (tertiary alicyclic amines) is 1. The van der Waals surface area contributed by atoms with Crippen molar-refractivity contribution in [1.29, 1.82) is 0 Å². The number of carboxylic acids is 1. The Kier molecular flexibility index (Phi) is 3.07. The summed E-state index contributed by atoms with van der Waals surface area (Å²) < 4.78 is 0. The van der Waals surface area contributed by atoms with Crippen LogP contribution in [-0.4, -0.2) is 40.6 Å². The summed E-state index contributed by atoms with van der Waals surface area (Å²) in [6, 6.07) is -0.203. The molecule has 0 radical (unpaired) electrons. The SMILES string of the molecule is CC1C(C(=O)O)CCN1C(=O)NC1C(C)(C)C1(C)C. The minimum Gasteiger partial charge on any atom is -0.481 e. The van der Waals surface area contributed by atoms with Gasteiger partial charge in [-0.3, -0.25) is 4.79 Å². The van der Waals surface area contributed by atoms with Crippen molar-refractivity contribution >= 4 is 12.0 Å². The quantitative estimate of drug-likeness (QED) is 0.804. The molecular formula is C14H24N2O3. The molecule has 2 rings (SSSR count). The molecule has 19 heavy (non-hydrogen) atoms. The van der Waals surface area contributed by atoms with Crippen molar-refractivity contribution < 1.29 is 14.7 Å². The monoisotopic (exact) mass is 268 g/mol. The zero-order chi connectivity index (χ0) is 14.6. The normalized spacial score (nSPS) is 32.2. The van der Waals surface area contributed by atoms with E-state index in [-0.39, 0.29) is 28.9 Å². The summed E-state index contributed by atoms with van der Waals surface area (Å²) in [5.41, 5.74) is 0.190. The second-order valence-corrected chi connectivity index (χ2v) is 6.99. The molecule has 1 saturated carbocycles. The molecule has 2 aliphatic rings. The van der Waals surface area contributed by atoms with E-state index in [1.807, 2.05) is 6.92 Å². The highest BCUT2D eigenvalue weighted by atomic mass is 16.4. The van der Waals surface area contributed by atoms with E-state index < -0.39 is 11.9 Å². The average molecular weight is 268 g/mol. The molecule has 2 amide bonds. The molecule has 0 aromatic heterocycles. The summed E-state index contributed by atoms with van der Waals surface area (Å²) in [5.74, 6) is -1.25. The third-order valence-electron chi connectivity index (χ3n) is 5.62. The number of rotatable bonds is 2. The molecule has 2 fully saturated rings. The molecular weight excluding hydrogens is 244 g/mol. The lowest BCUT2D eigenvalue weighted by Crippen LogP contribution is -2.45. The molecule has 1 saturated heterocycles. The number of urea groups is 1. The topological polar surface area (TPSA) is 69.6 Å². The molecule has 5 heteroatoms. The summed E-state index contributed by atoms with van der Waals surface area (Å²) in [5, 5.41) is 12.1. The Labute approximate surface area is 114 Å². The van der Waals surface area contributed by atoms with Gasteiger partial charge < -0.3 is 15.3 Å². The van der Waals surface area contributed by atoms with Gasteiger partial charge in [0.1, 0.15) is 0 Å². The Morgan fingerprint density at radius 2 is 1.74 bits per heavy atom. The number of carbonyl (C=O) groups is 2. The van der Waals surface area contributed by atoms with Crippen LogP contribution in [0.2, 0.25) is 0 Å². The smallest absolute Gasteiger partial charge is 0.317 e. The fourth-order valence-electron chi connectivity index (χ4n) is 3.32. The second kappa shape index (κ2) is 4.12. The van der Waals surface area contributed by atoms with Crippen LogP contribution in [0.1, 0.15) is 41.0 Å². The molecule has 1 aliphatic heterocycles. The van der Waals surface area contributed by atoms with E-state index in [4.69, 9.17) is 5.11 Å². The predicted molar refractivity (Wildman–Crippen MR) is 71.8 cm³/mol. The number of hydrogen-bond acceptors (Lipinski definition) is 2. The molecule has 2 N–H and O–H groups in total. The highest BCUT2D eigenvalue weighted by molar-refractivity contribution is 5.79. The van der Waals surface area contributed by atoms with E-state index in [1.54, 1.807) is 4.90 Å². The van der Waals surface area contributed by atoms with E-state index in [0.29, 0.717) is 13.0 Å². The maximum atomic E-state index is 12.3. The van der Waals surface area contributed by atoms with Gasteiger partial charge in [-0.25, -0.2) is 4.79 Å². The fraction of sp³-hybridized carbons (Fsp3) is 0.857. The van der Waals surface area contributed by atoms with Crippen LogP contribution in [0.4, 0.5) is 4.79 Å². The maximum Gasteiger partial charge on any atom is 0.317 e. The summed E-state index contributed by atoms with van der Waals surface area (Å²) >= 11 is 0. The first-order chi connectivity index (χ1) is 8.60. The van der Waals surface area contributed by atoms with Crippen LogP contribution in [0.25, 0.3) is 0 Å². The van der Waals surface area contributed by atoms with Crippen LogP contribution in [0, 0.1) is 16.7 Å². The average Bonchev–Trinajstić information content (AvgIpc) is 2.64. The molecule has 0 aromatic carbocycles. The van der Waals surface area contributed by atoms with E-state index in [0.717, 1.165) is 0 Å². The van der Waals surface area contributed by atoms with Crippen molar-refractivity contribution in [1.82, 2.24) is 10.2 Å². The van der Waals surface area contributed by atoms with Crippen molar-refractivity contribution in [3.63, 3.8) is 0 Å². The van der Waals surface area contributed by atoms with Crippen LogP contribution in [0.3, 0.4) is 0 Å². The lowest BCUT2D eigenvalue weighted by molar-refractivity contribution is -0.142. The van der Waals surface area contributed by atoms with Gasteiger partial charge in [0.05, 0.1) is 5.92 Å². The van der Waals surface area contributed by atoms with E-state index in [9.17, 15) is 9.59 Å². The number of nitrogens with zero attached hydrogens (tertiary/aromatic N) is 1. The summed E-state index contributed by atoms with van der Waals surface area (Å²) in [4.78, 5) is 25.0. The van der Waals surface area contributed by atoms with Crippen LogP contribution >= 0.6 is 0 Å². The van der Waals surface area contributed by atoms with Crippen molar-refractivity contribution in [3.05, 3.63) is 0 Å². The first kappa shape index (κ1) is 14.2. The first-order valence-corrected chi connectivity index (χ1v) is 6.90. The van der Waals surface area contributed by atoms with Crippen LogP contribution < -0.4 is 5.32 Å². The second-order valence-electron chi connectivity index (χ2n) is 6.99. The van der Waals surface area contributed by atoms with Gasteiger partial charge in [0.2, 0.25) is 0 Å². The third kappa shape index (κ3) is 1.99. The molecule has 2 unspecified atom stereocenters. The van der Waals surface area contributed by atoms with Gasteiger partial charge in [0.15, 0.2) is 0 Å². The minimum absolute atomic E-state index is 0.0951. The molecule has 2 atom stereocenters. The maximum absolute atomic E-state index is 12.3. The van der Waals surface area contributed by atoms with E-state index >= 15 is 0 Å². The van der Waals surface area contributed by atoms with Crippen molar-refractivity contribution in [2.24, 2.45) is 16.7 Å². The van der Waals surface area contributed by atoms with Gasteiger partial charge in [-0.05, 0) is 24.2 Å². The van der Waals surface area contributed by atoms with E-state index in [2.05, 4.69) is 33.0 Å². The highest BCUT2D eigenvalue weighted by Crippen LogP contribution is 2.62. The lowest BCUT2D eigenvalue weighted by Gasteiger charge is -2.24. The molecule has 0 aromatic rings. The number of carbonyl (C=O) groups excluding carboxylic acids is 1. The Hall–Kier alpha value is -1.26. The van der Waals surface area contributed by atoms with Crippen molar-refractivity contribution in [3.8, 4) is 0 Å². The zero-order valence-electron chi connectivity index (χ0n) is 12.4. The third-order valence-corrected chi connectivity index (χ3v) is 5.62. The van der Waals surface area contributed by atoms with Gasteiger partial charge in [0, 0.05) is 18.6 Å². The largest absolute Gasteiger partial charge is 0.481 e. The number of aliphatic carboxylic acids is 1. The Morgan fingerprint density at radius 3 is 2.11 bits per heavy atom. The van der Waals surface area contributed by atoms with Gasteiger partial charge in [0.25, 0.3) is 0 Å². The number of hydrogen-bond donors (Lipinski definition) is 2. The standard InChI is InChI=1S/C14H24N2O3/c1-8-9(10(17)18)6-7-16(8)12(19)15-11-13(2,3)14(11,4)5/h8-9,11H,6-7H2,1-5H3,(H,15,19)(H,17,18). The number of nitrogens with one attached hydrogen (secondary N) is 1. The first-order valence-electron chi connectivity index (χ1n) is 6.90. The molecule has 108 valence electrons. The minimum atomic E-state index is -0.810. The lowest BCUT2D eigenvalue weighted by atomic mass is 10.0. The van der Waals surface area contributed by atoms with Crippen LogP contribution in [-0.2, 0) is 4.79 Å². The number of carboxylic acid groups (broad SMARTS) is 1. The highest BCUT2D eigenvalue weighted by Gasteiger charge is 2.65. The van der Waals surface area contributed by atoms with Gasteiger partial charge in [-0.15, -0.1) is 0 Å². The van der Waals surface area contributed by atoms with E-state index in [1.165, 1.54) is 0 Å². The zero-order valence-corrected chi connectivity index (χ0v) is 12.4. The van der Waals surface area contributed by atoms with Gasteiger partial charge in [-0.1, -0.05) is 27.7 Å². The number of amides is 2. The van der Waals surface area contributed by atoms with Crippen LogP contribution in [0.5, 0.6) is 0 Å². The molecule has 0 bridgehead atoms. The van der Waals surface area contributed by atoms with Gasteiger partial charge >= 0.3 is 12.0 Å². The van der Waals surface area contributed by atoms with Crippen molar-refractivity contribution in [2.75, 3.05) is 6.54 Å². The molecule has 5 nitrogen and oxygen atoms in total. The van der Waals surface area contributed by atoms with Gasteiger partial charge in [-0.2, -0.15) is 0 Å². The predicted octanol–water partition coefficient (Wildman–Crippen LogP) is 1.93. The molecule has 1 heterocycles. The Balaban J connectivity index is 1.98. The summed E-state index contributed by atoms with van der Waals surface area (Å²) in [6.07, 6.45) is 0.543. The Morgan fingerprint density at radius 1 is 1.21 bits per heavy atom. The van der Waals surface area contributed by atoms with Crippen molar-refractivity contribution in [2.45, 2.75) is 53.1 Å². The summed E-state index contributed by atoms with van der Waals surface area (Å²) in [7, 11) is 0. The molecule has 0 spiro atoms.